The van der Waals surface area contributed by atoms with Gasteiger partial charge in [0.25, 0.3) is 5.56 Å². The van der Waals surface area contributed by atoms with Crippen molar-refractivity contribution in [3.63, 3.8) is 0 Å². The Kier molecular flexibility index (Phi) is 10.8. The zero-order valence-corrected chi connectivity index (χ0v) is 28.5. The summed E-state index contributed by atoms with van der Waals surface area (Å²) in [6.07, 6.45) is 4.55. The van der Waals surface area contributed by atoms with Crippen LogP contribution in [0.3, 0.4) is 0 Å². The lowest BCUT2D eigenvalue weighted by molar-refractivity contribution is -0.140. The van der Waals surface area contributed by atoms with Crippen molar-refractivity contribution < 1.29 is 24.5 Å². The van der Waals surface area contributed by atoms with Crippen LogP contribution >= 0.6 is 23.2 Å². The number of rotatable bonds is 13. The summed E-state index contributed by atoms with van der Waals surface area (Å²) in [5.41, 5.74) is 5.44. The van der Waals surface area contributed by atoms with Crippen LogP contribution in [0.15, 0.2) is 77.9 Å². The summed E-state index contributed by atoms with van der Waals surface area (Å²) >= 11 is 14.1. The molecule has 1 amide bonds. The molecule has 50 heavy (non-hydrogen) atoms. The lowest BCUT2D eigenvalue weighted by Gasteiger charge is -2.16. The van der Waals surface area contributed by atoms with Gasteiger partial charge in [-0.25, -0.2) is 9.97 Å². The minimum absolute atomic E-state index is 0.0486. The zero-order chi connectivity index (χ0) is 35.4. The smallest absolute Gasteiger partial charge is 0.323 e. The van der Waals surface area contributed by atoms with Gasteiger partial charge < -0.3 is 25.6 Å². The van der Waals surface area contributed by atoms with Gasteiger partial charge >= 0.3 is 5.97 Å². The molecular formula is C36H34Cl2N6O6. The molecule has 2 aromatic carbocycles. The number of aromatic nitrogens is 3. The maximum atomic E-state index is 13.2. The van der Waals surface area contributed by atoms with E-state index in [1.807, 2.05) is 48.5 Å². The Morgan fingerprint density at radius 1 is 1.02 bits per heavy atom. The fourth-order valence-corrected chi connectivity index (χ4v) is 6.57. The highest BCUT2D eigenvalue weighted by atomic mass is 35.5. The van der Waals surface area contributed by atoms with Gasteiger partial charge in [0.05, 0.1) is 29.5 Å². The number of carboxylic acid groups (broad SMARTS) is 1. The number of hydrogen-bond donors (Lipinski definition) is 5. The van der Waals surface area contributed by atoms with Gasteiger partial charge in [-0.05, 0) is 30.2 Å². The lowest BCUT2D eigenvalue weighted by Crippen LogP contribution is -2.39. The molecule has 5 aromatic rings. The van der Waals surface area contributed by atoms with Crippen LogP contribution in [-0.4, -0.2) is 68.8 Å². The lowest BCUT2D eigenvalue weighted by atomic mass is 9.97. The highest BCUT2D eigenvalue weighted by Crippen LogP contribution is 2.42. The van der Waals surface area contributed by atoms with Crippen LogP contribution in [-0.2, 0) is 22.7 Å². The van der Waals surface area contributed by atoms with Crippen LogP contribution < -0.4 is 26.2 Å². The van der Waals surface area contributed by atoms with E-state index in [9.17, 15) is 24.6 Å². The predicted molar refractivity (Wildman–Crippen MR) is 190 cm³/mol. The molecule has 1 aliphatic rings. The molecule has 0 radical (unpaired) electrons. The van der Waals surface area contributed by atoms with Crippen molar-refractivity contribution in [2.75, 3.05) is 20.3 Å². The number of benzene rings is 2. The quantitative estimate of drug-likeness (QED) is 0.119. The van der Waals surface area contributed by atoms with E-state index in [1.165, 1.54) is 11.5 Å². The summed E-state index contributed by atoms with van der Waals surface area (Å²) in [5.74, 6) is -0.834. The molecule has 1 saturated heterocycles. The van der Waals surface area contributed by atoms with Crippen LogP contribution in [0.5, 0.6) is 5.88 Å². The van der Waals surface area contributed by atoms with E-state index in [4.69, 9.17) is 27.9 Å². The van der Waals surface area contributed by atoms with E-state index in [2.05, 4.69) is 25.9 Å². The fraction of sp³-hybridized carbons (Fsp3) is 0.250. The van der Waals surface area contributed by atoms with Gasteiger partial charge in [-0.3, -0.25) is 24.1 Å². The van der Waals surface area contributed by atoms with E-state index in [0.717, 1.165) is 17.5 Å². The first kappa shape index (κ1) is 35.0. The SMILES string of the molecule is COc1nc(-c2cccc(-c3cccc(-c4ccn5c(=O)c(CNC[C@@H]6CCC(=O)N6)cnc5c4)c3Cl)c2Cl)ccc1CN[C@H](CO)C(=O)O. The van der Waals surface area contributed by atoms with Crippen LogP contribution in [0, 0.1) is 0 Å². The number of aliphatic hydroxyl groups excluding tert-OH is 1. The Bertz CT molecular complexity index is 2140. The van der Waals surface area contributed by atoms with Gasteiger partial charge in [-0.15, -0.1) is 0 Å². The number of methoxy groups -OCH3 is 1. The predicted octanol–water partition coefficient (Wildman–Crippen LogP) is 4.31. The molecule has 0 unspecified atom stereocenters. The van der Waals surface area contributed by atoms with Crippen LogP contribution in [0.2, 0.25) is 10.0 Å². The number of fused-ring (bicyclic) bond motifs is 1. The van der Waals surface area contributed by atoms with Crippen molar-refractivity contribution in [3.05, 3.63) is 105 Å². The van der Waals surface area contributed by atoms with Gasteiger partial charge in [-0.2, -0.15) is 0 Å². The number of carbonyl (C=O) groups is 2. The van der Waals surface area contributed by atoms with Crippen molar-refractivity contribution in [3.8, 4) is 39.4 Å². The monoisotopic (exact) mass is 716 g/mol. The third-order valence-electron chi connectivity index (χ3n) is 8.60. The summed E-state index contributed by atoms with van der Waals surface area (Å²) in [5, 5.41) is 28.3. The molecule has 5 N–H and O–H groups in total. The molecule has 14 heteroatoms. The molecule has 3 aromatic heterocycles. The molecule has 2 atom stereocenters. The van der Waals surface area contributed by atoms with Crippen LogP contribution in [0.1, 0.15) is 24.0 Å². The first-order valence-corrected chi connectivity index (χ1v) is 16.6. The number of aliphatic carboxylic acids is 1. The summed E-state index contributed by atoms with van der Waals surface area (Å²) in [6, 6.07) is 17.3. The summed E-state index contributed by atoms with van der Waals surface area (Å²) in [4.78, 5) is 45.1. The average molecular weight is 718 g/mol. The molecule has 6 rings (SSSR count). The maximum Gasteiger partial charge on any atom is 0.323 e. The molecular weight excluding hydrogens is 683 g/mol. The number of carbonyl (C=O) groups excluding carboxylic acids is 1. The van der Waals surface area contributed by atoms with Crippen LogP contribution in [0.4, 0.5) is 0 Å². The minimum Gasteiger partial charge on any atom is -0.481 e. The number of halogens is 2. The normalized spacial score (nSPS) is 14.9. The Morgan fingerprint density at radius 3 is 2.42 bits per heavy atom. The number of carboxylic acids is 1. The van der Waals surface area contributed by atoms with E-state index in [1.54, 1.807) is 24.5 Å². The second kappa shape index (κ2) is 15.4. The van der Waals surface area contributed by atoms with E-state index in [-0.39, 0.29) is 29.9 Å². The second-order valence-corrected chi connectivity index (χ2v) is 12.6. The van der Waals surface area contributed by atoms with E-state index >= 15 is 0 Å². The third kappa shape index (κ3) is 7.35. The molecule has 1 fully saturated rings. The molecule has 0 bridgehead atoms. The first-order chi connectivity index (χ1) is 24.2. The number of nitrogens with one attached hydrogen (secondary N) is 3. The Balaban J connectivity index is 1.25. The molecule has 0 aliphatic carbocycles. The third-order valence-corrected chi connectivity index (χ3v) is 9.41. The molecule has 4 heterocycles. The maximum absolute atomic E-state index is 13.2. The zero-order valence-electron chi connectivity index (χ0n) is 27.0. The van der Waals surface area contributed by atoms with E-state index in [0.29, 0.717) is 68.7 Å². The molecule has 12 nitrogen and oxygen atoms in total. The molecule has 0 spiro atoms. The highest BCUT2D eigenvalue weighted by Gasteiger charge is 2.21. The molecule has 1 aliphatic heterocycles. The number of pyridine rings is 2. The fourth-order valence-electron chi connectivity index (χ4n) is 5.91. The minimum atomic E-state index is -1.17. The summed E-state index contributed by atoms with van der Waals surface area (Å²) in [6.45, 7) is 0.463. The van der Waals surface area contributed by atoms with Gasteiger partial charge in [0.15, 0.2) is 0 Å². The standard InChI is InChI=1S/C36H34Cl2N6O6/c1-50-34-21(16-40-29(19-45)36(48)49)8-10-28(43-34)27-7-3-6-26(33(27)38)25-5-2-4-24(32(25)37)20-12-13-44-30(14-20)41-17-22(35(44)47)15-39-18-23-9-11-31(46)42-23/h2-8,10,12-14,17,23,29,39-40,45H,9,11,15-16,18-19H2,1H3,(H,42,46)(H,48,49)/t23-,29+/m0/s1. The van der Waals surface area contributed by atoms with Gasteiger partial charge in [0.1, 0.15) is 11.7 Å². The van der Waals surface area contributed by atoms with Crippen molar-refractivity contribution in [2.45, 2.75) is 38.0 Å². The molecule has 0 saturated carbocycles. The number of ether oxygens (including phenoxy) is 1. The van der Waals surface area contributed by atoms with Crippen molar-refractivity contribution in [1.82, 2.24) is 30.3 Å². The number of amides is 1. The summed E-state index contributed by atoms with van der Waals surface area (Å²) in [7, 11) is 1.47. The summed E-state index contributed by atoms with van der Waals surface area (Å²) < 4.78 is 6.98. The van der Waals surface area contributed by atoms with Crippen molar-refractivity contribution >= 4 is 40.7 Å². The van der Waals surface area contributed by atoms with Crippen LogP contribution in [0.25, 0.3) is 39.2 Å². The van der Waals surface area contributed by atoms with E-state index < -0.39 is 18.6 Å². The van der Waals surface area contributed by atoms with Crippen molar-refractivity contribution in [1.29, 1.82) is 0 Å². The Labute approximate surface area is 297 Å². The van der Waals surface area contributed by atoms with Gasteiger partial charge in [-0.1, -0.05) is 65.7 Å². The topological polar surface area (TPSA) is 167 Å². The number of nitrogens with zero attached hydrogens (tertiary/aromatic N) is 3. The van der Waals surface area contributed by atoms with Gasteiger partial charge in [0, 0.05) is 77.9 Å². The first-order valence-electron chi connectivity index (χ1n) is 15.9. The van der Waals surface area contributed by atoms with Crippen molar-refractivity contribution in [2.24, 2.45) is 0 Å². The van der Waals surface area contributed by atoms with Gasteiger partial charge in [0.2, 0.25) is 11.8 Å². The number of aliphatic hydroxyl groups is 1. The Hall–Kier alpha value is -4.85. The highest BCUT2D eigenvalue weighted by molar-refractivity contribution is 6.39. The average Bonchev–Trinajstić information content (AvgIpc) is 3.54. The number of hydrogen-bond acceptors (Lipinski definition) is 9. The largest absolute Gasteiger partial charge is 0.481 e. The molecule has 258 valence electrons. The second-order valence-electron chi connectivity index (χ2n) is 11.8. The Morgan fingerprint density at radius 2 is 1.74 bits per heavy atom.